The summed E-state index contributed by atoms with van der Waals surface area (Å²) in [6.07, 6.45) is 0.779. The van der Waals surface area contributed by atoms with Crippen molar-refractivity contribution in [2.45, 2.75) is 13.3 Å². The number of carbonyl (C=O) groups excluding carboxylic acids is 1. The number of carboxylic acid groups (broad SMARTS) is 1. The van der Waals surface area contributed by atoms with Crippen molar-refractivity contribution in [1.29, 1.82) is 0 Å². The fraction of sp³-hybridized carbons (Fsp3) is 0.176. The largest absolute Gasteiger partial charge is 0.491 e. The molecule has 0 aliphatic carbocycles. The SMILES string of the molecule is CCCOc1ccc(C(=O)O)cc1NC(=O)c1ccc(Cl)c(Cl)c1. The van der Waals surface area contributed by atoms with Crippen molar-refractivity contribution in [3.05, 3.63) is 57.6 Å². The van der Waals surface area contributed by atoms with Gasteiger partial charge in [0, 0.05) is 5.56 Å². The number of hydrogen-bond acceptors (Lipinski definition) is 3. The quantitative estimate of drug-likeness (QED) is 0.773. The number of ether oxygens (including phenoxy) is 1. The molecule has 2 rings (SSSR count). The van der Waals surface area contributed by atoms with E-state index in [1.54, 1.807) is 0 Å². The van der Waals surface area contributed by atoms with Crippen molar-refractivity contribution >= 4 is 40.8 Å². The van der Waals surface area contributed by atoms with E-state index in [4.69, 9.17) is 33.0 Å². The third-order valence-corrected chi connectivity index (χ3v) is 3.86. The lowest BCUT2D eigenvalue weighted by molar-refractivity contribution is 0.0696. The van der Waals surface area contributed by atoms with Gasteiger partial charge >= 0.3 is 5.97 Å². The van der Waals surface area contributed by atoms with Gasteiger partial charge in [-0.05, 0) is 42.8 Å². The van der Waals surface area contributed by atoms with Gasteiger partial charge in [0.25, 0.3) is 5.91 Å². The number of hydrogen-bond donors (Lipinski definition) is 2. The van der Waals surface area contributed by atoms with Gasteiger partial charge in [0.1, 0.15) is 5.75 Å². The molecule has 0 saturated heterocycles. The maximum Gasteiger partial charge on any atom is 0.335 e. The zero-order valence-corrected chi connectivity index (χ0v) is 14.3. The van der Waals surface area contributed by atoms with E-state index >= 15 is 0 Å². The van der Waals surface area contributed by atoms with Gasteiger partial charge in [-0.1, -0.05) is 30.1 Å². The van der Waals surface area contributed by atoms with Crippen LogP contribution in [0.2, 0.25) is 10.0 Å². The summed E-state index contributed by atoms with van der Waals surface area (Å²) in [6, 6.07) is 8.76. The lowest BCUT2D eigenvalue weighted by Crippen LogP contribution is -2.14. The van der Waals surface area contributed by atoms with Crippen LogP contribution in [0.1, 0.15) is 34.1 Å². The zero-order valence-electron chi connectivity index (χ0n) is 12.8. The monoisotopic (exact) mass is 367 g/mol. The minimum atomic E-state index is -1.10. The molecule has 2 N–H and O–H groups in total. The lowest BCUT2D eigenvalue weighted by atomic mass is 10.1. The van der Waals surface area contributed by atoms with E-state index in [1.165, 1.54) is 36.4 Å². The van der Waals surface area contributed by atoms with Crippen molar-refractivity contribution in [2.75, 3.05) is 11.9 Å². The minimum Gasteiger partial charge on any atom is -0.491 e. The van der Waals surface area contributed by atoms with Crippen LogP contribution < -0.4 is 10.1 Å². The normalized spacial score (nSPS) is 10.3. The summed E-state index contributed by atoms with van der Waals surface area (Å²) in [5.74, 6) is -1.14. The maximum absolute atomic E-state index is 12.4. The Morgan fingerprint density at radius 1 is 1.08 bits per heavy atom. The Kier molecular flexibility index (Phi) is 6.06. The minimum absolute atomic E-state index is 0.0447. The van der Waals surface area contributed by atoms with E-state index in [-0.39, 0.29) is 16.3 Å². The highest BCUT2D eigenvalue weighted by Crippen LogP contribution is 2.28. The number of anilines is 1. The van der Waals surface area contributed by atoms with Gasteiger partial charge in [-0.2, -0.15) is 0 Å². The first-order chi connectivity index (χ1) is 11.4. The molecule has 0 spiro atoms. The fourth-order valence-electron chi connectivity index (χ4n) is 1.93. The summed E-state index contributed by atoms with van der Waals surface area (Å²) in [5, 5.41) is 12.4. The molecule has 0 aromatic heterocycles. The van der Waals surface area contributed by atoms with Gasteiger partial charge in [-0.25, -0.2) is 4.79 Å². The predicted octanol–water partition coefficient (Wildman–Crippen LogP) is 4.73. The molecule has 126 valence electrons. The van der Waals surface area contributed by atoms with E-state index in [2.05, 4.69) is 5.32 Å². The Balaban J connectivity index is 2.31. The Hall–Kier alpha value is -2.24. The predicted molar refractivity (Wildman–Crippen MR) is 93.6 cm³/mol. The van der Waals surface area contributed by atoms with Crippen LogP contribution in [0.4, 0.5) is 5.69 Å². The van der Waals surface area contributed by atoms with Crippen molar-refractivity contribution in [2.24, 2.45) is 0 Å². The van der Waals surface area contributed by atoms with Crippen LogP contribution in [-0.2, 0) is 0 Å². The molecule has 0 aliphatic rings. The Morgan fingerprint density at radius 3 is 2.42 bits per heavy atom. The molecule has 0 fully saturated rings. The molecule has 1 amide bonds. The van der Waals surface area contributed by atoms with E-state index in [0.29, 0.717) is 22.9 Å². The summed E-state index contributed by atoms with van der Waals surface area (Å²) in [4.78, 5) is 23.5. The highest BCUT2D eigenvalue weighted by Gasteiger charge is 2.14. The summed E-state index contributed by atoms with van der Waals surface area (Å²) in [6.45, 7) is 2.39. The van der Waals surface area contributed by atoms with Crippen LogP contribution in [0.15, 0.2) is 36.4 Å². The van der Waals surface area contributed by atoms with E-state index in [0.717, 1.165) is 6.42 Å². The van der Waals surface area contributed by atoms with Crippen molar-refractivity contribution in [3.63, 3.8) is 0 Å². The smallest absolute Gasteiger partial charge is 0.335 e. The summed E-state index contributed by atoms with van der Waals surface area (Å²) >= 11 is 11.7. The second kappa shape index (κ2) is 8.04. The van der Waals surface area contributed by atoms with Crippen molar-refractivity contribution in [1.82, 2.24) is 0 Å². The van der Waals surface area contributed by atoms with Crippen LogP contribution in [-0.4, -0.2) is 23.6 Å². The average molecular weight is 368 g/mol. The number of amides is 1. The van der Waals surface area contributed by atoms with Gasteiger partial charge < -0.3 is 15.2 Å². The Bertz CT molecular complexity index is 777. The Morgan fingerprint density at radius 2 is 1.79 bits per heavy atom. The number of carboxylic acids is 1. The zero-order chi connectivity index (χ0) is 17.7. The van der Waals surface area contributed by atoms with Gasteiger partial charge in [0.15, 0.2) is 0 Å². The molecule has 0 radical (unpaired) electrons. The molecule has 0 bridgehead atoms. The van der Waals surface area contributed by atoms with E-state index in [1.807, 2.05) is 6.92 Å². The van der Waals surface area contributed by atoms with Crippen LogP contribution in [0.3, 0.4) is 0 Å². The van der Waals surface area contributed by atoms with Gasteiger partial charge in [0.2, 0.25) is 0 Å². The molecule has 7 heteroatoms. The molecule has 0 unspecified atom stereocenters. The highest BCUT2D eigenvalue weighted by molar-refractivity contribution is 6.42. The molecule has 0 heterocycles. The van der Waals surface area contributed by atoms with Gasteiger partial charge in [-0.3, -0.25) is 4.79 Å². The number of halogens is 2. The maximum atomic E-state index is 12.4. The number of nitrogens with one attached hydrogen (secondary N) is 1. The first-order valence-corrected chi connectivity index (χ1v) is 7.94. The molecule has 5 nitrogen and oxygen atoms in total. The summed E-state index contributed by atoms with van der Waals surface area (Å²) in [7, 11) is 0. The number of rotatable bonds is 6. The number of carbonyl (C=O) groups is 2. The number of benzene rings is 2. The first-order valence-electron chi connectivity index (χ1n) is 7.19. The van der Waals surface area contributed by atoms with Crippen LogP contribution in [0.25, 0.3) is 0 Å². The number of aromatic carboxylic acids is 1. The second-order valence-corrected chi connectivity index (χ2v) is 5.76. The van der Waals surface area contributed by atoms with Crippen molar-refractivity contribution < 1.29 is 19.4 Å². The second-order valence-electron chi connectivity index (χ2n) is 4.95. The third kappa shape index (κ3) is 4.40. The van der Waals surface area contributed by atoms with Gasteiger partial charge in [0.05, 0.1) is 27.9 Å². The highest BCUT2D eigenvalue weighted by atomic mass is 35.5. The average Bonchev–Trinajstić information content (AvgIpc) is 2.55. The third-order valence-electron chi connectivity index (χ3n) is 3.12. The molecule has 0 atom stereocenters. The van der Waals surface area contributed by atoms with Crippen molar-refractivity contribution in [3.8, 4) is 5.75 Å². The summed E-state index contributed by atoms with van der Waals surface area (Å²) < 4.78 is 5.55. The van der Waals surface area contributed by atoms with Crippen LogP contribution in [0.5, 0.6) is 5.75 Å². The lowest BCUT2D eigenvalue weighted by Gasteiger charge is -2.13. The van der Waals surface area contributed by atoms with Crippen LogP contribution in [0, 0.1) is 0 Å². The molecular weight excluding hydrogens is 353 g/mol. The molecule has 2 aromatic carbocycles. The first kappa shape index (κ1) is 18.1. The standard InChI is InChI=1S/C17H15Cl2NO4/c1-2-7-24-15-6-4-11(17(22)23)9-14(15)20-16(21)10-3-5-12(18)13(19)8-10/h3-6,8-9H,2,7H2,1H3,(H,20,21)(H,22,23). The molecule has 0 saturated carbocycles. The molecule has 2 aromatic rings. The molecule has 0 aliphatic heterocycles. The summed E-state index contributed by atoms with van der Waals surface area (Å²) in [5.41, 5.74) is 0.620. The fourth-order valence-corrected chi connectivity index (χ4v) is 2.23. The van der Waals surface area contributed by atoms with E-state index < -0.39 is 11.9 Å². The van der Waals surface area contributed by atoms with Gasteiger partial charge in [-0.15, -0.1) is 0 Å². The van der Waals surface area contributed by atoms with E-state index in [9.17, 15) is 9.59 Å². The molecular formula is C17H15Cl2NO4. The molecule has 24 heavy (non-hydrogen) atoms. The Labute approximate surface area is 149 Å². The van der Waals surface area contributed by atoms with Crippen LogP contribution >= 0.6 is 23.2 Å². The topological polar surface area (TPSA) is 75.6 Å².